The molecule has 31 heavy (non-hydrogen) atoms. The molecule has 1 aliphatic heterocycles. The molecule has 2 aromatic rings. The molecule has 1 heterocycles. The monoisotopic (exact) mass is 438 g/mol. The van der Waals surface area contributed by atoms with Crippen LogP contribution in [0.1, 0.15) is 36.5 Å². The first-order valence-electron chi connectivity index (χ1n) is 10.2. The Balaban J connectivity index is 1.62. The molecule has 0 radical (unpaired) electrons. The highest BCUT2D eigenvalue weighted by molar-refractivity contribution is 8.18. The first kappa shape index (κ1) is 22.6. The number of rotatable bonds is 8. The van der Waals surface area contributed by atoms with Crippen molar-refractivity contribution in [1.29, 1.82) is 0 Å². The lowest BCUT2D eigenvalue weighted by atomic mass is 10.1. The normalized spacial score (nSPS) is 14.9. The van der Waals surface area contributed by atoms with Gasteiger partial charge in [0.05, 0.1) is 11.5 Å². The number of nitrogens with one attached hydrogen (secondary N) is 1. The van der Waals surface area contributed by atoms with E-state index in [-0.39, 0.29) is 6.54 Å². The number of carbonyl (C=O) groups is 3. The van der Waals surface area contributed by atoms with Crippen LogP contribution in [0.3, 0.4) is 0 Å². The first-order valence-corrected chi connectivity index (χ1v) is 11.0. The van der Waals surface area contributed by atoms with Gasteiger partial charge in [0.1, 0.15) is 12.3 Å². The lowest BCUT2D eigenvalue weighted by Crippen LogP contribution is -2.36. The zero-order valence-corrected chi connectivity index (χ0v) is 18.8. The van der Waals surface area contributed by atoms with E-state index in [1.54, 1.807) is 12.1 Å². The minimum Gasteiger partial charge on any atom is -0.494 e. The molecule has 0 bridgehead atoms. The molecule has 6 nitrogen and oxygen atoms in total. The summed E-state index contributed by atoms with van der Waals surface area (Å²) in [6.45, 7) is 6.39. The lowest BCUT2D eigenvalue weighted by Gasteiger charge is -2.13. The summed E-state index contributed by atoms with van der Waals surface area (Å²) in [5, 5.41) is 2.29. The fourth-order valence-electron chi connectivity index (χ4n) is 2.95. The highest BCUT2D eigenvalue weighted by atomic mass is 32.2. The van der Waals surface area contributed by atoms with E-state index in [9.17, 15) is 14.4 Å². The molecule has 0 unspecified atom stereocenters. The molecular formula is C24H26N2O4S. The van der Waals surface area contributed by atoms with Crippen LogP contribution in [0.15, 0.2) is 47.4 Å². The Hall–Kier alpha value is -3.06. The molecule has 0 aliphatic carbocycles. The minimum atomic E-state index is -0.464. The van der Waals surface area contributed by atoms with E-state index in [1.807, 2.05) is 50.2 Å². The van der Waals surface area contributed by atoms with E-state index < -0.39 is 17.1 Å². The third-order valence-electron chi connectivity index (χ3n) is 4.91. The third-order valence-corrected chi connectivity index (χ3v) is 5.82. The number of thioether (sulfide) groups is 1. The van der Waals surface area contributed by atoms with Crippen LogP contribution >= 0.6 is 11.8 Å². The molecule has 1 N–H and O–H groups in total. The zero-order valence-electron chi connectivity index (χ0n) is 17.9. The van der Waals surface area contributed by atoms with Gasteiger partial charge in [-0.3, -0.25) is 19.3 Å². The van der Waals surface area contributed by atoms with Crippen LogP contribution in [-0.4, -0.2) is 35.1 Å². The van der Waals surface area contributed by atoms with E-state index in [0.29, 0.717) is 17.2 Å². The average Bonchev–Trinajstić information content (AvgIpc) is 2.99. The number of ether oxygens (including phenoxy) is 1. The third kappa shape index (κ3) is 5.98. The van der Waals surface area contributed by atoms with E-state index in [1.165, 1.54) is 0 Å². The van der Waals surface area contributed by atoms with Gasteiger partial charge in [-0.1, -0.05) is 31.5 Å². The van der Waals surface area contributed by atoms with Gasteiger partial charge in [-0.25, -0.2) is 0 Å². The number of imide groups is 1. The van der Waals surface area contributed by atoms with E-state index >= 15 is 0 Å². The standard InChI is InChI=1S/C24H26N2O4S/c1-4-5-12-30-20-10-7-18(8-11-20)14-21-23(28)26(24(29)31-21)15-22(27)25-19-9-6-16(2)17(3)13-19/h6-11,13-14H,4-5,12,15H2,1-3H3,(H,25,27)/b21-14-. The predicted octanol–water partition coefficient (Wildman–Crippen LogP) is 5.16. The van der Waals surface area contributed by atoms with Crippen molar-refractivity contribution < 1.29 is 19.1 Å². The lowest BCUT2D eigenvalue weighted by molar-refractivity contribution is -0.127. The maximum Gasteiger partial charge on any atom is 0.294 e. The second-order valence-corrected chi connectivity index (χ2v) is 8.38. The quantitative estimate of drug-likeness (QED) is 0.455. The van der Waals surface area contributed by atoms with Crippen molar-refractivity contribution in [2.45, 2.75) is 33.6 Å². The smallest absolute Gasteiger partial charge is 0.294 e. The largest absolute Gasteiger partial charge is 0.494 e. The summed E-state index contributed by atoms with van der Waals surface area (Å²) in [6, 6.07) is 12.9. The van der Waals surface area contributed by atoms with Crippen LogP contribution in [0.5, 0.6) is 5.75 Å². The minimum absolute atomic E-state index is 0.295. The van der Waals surface area contributed by atoms with E-state index in [0.717, 1.165) is 51.9 Å². The van der Waals surface area contributed by atoms with Gasteiger partial charge >= 0.3 is 0 Å². The van der Waals surface area contributed by atoms with Crippen molar-refractivity contribution in [2.75, 3.05) is 18.5 Å². The fourth-order valence-corrected chi connectivity index (χ4v) is 3.78. The highest BCUT2D eigenvalue weighted by Crippen LogP contribution is 2.32. The molecule has 0 aromatic heterocycles. The van der Waals surface area contributed by atoms with Gasteiger partial charge in [0, 0.05) is 5.69 Å². The Kier molecular flexibility index (Phi) is 7.52. The summed E-state index contributed by atoms with van der Waals surface area (Å²) in [5.41, 5.74) is 3.59. The number of anilines is 1. The Morgan fingerprint density at radius 3 is 2.52 bits per heavy atom. The molecule has 3 rings (SSSR count). The fraction of sp³-hybridized carbons (Fsp3) is 0.292. The van der Waals surface area contributed by atoms with Crippen molar-refractivity contribution in [3.05, 3.63) is 64.1 Å². The highest BCUT2D eigenvalue weighted by Gasteiger charge is 2.36. The second kappa shape index (κ2) is 10.3. The Morgan fingerprint density at radius 1 is 1.10 bits per heavy atom. The number of carbonyl (C=O) groups excluding carboxylic acids is 3. The number of aryl methyl sites for hydroxylation is 2. The van der Waals surface area contributed by atoms with E-state index in [2.05, 4.69) is 12.2 Å². The number of benzene rings is 2. The maximum atomic E-state index is 12.7. The number of nitrogens with zero attached hydrogens (tertiary/aromatic N) is 1. The van der Waals surface area contributed by atoms with Crippen LogP contribution in [0.25, 0.3) is 6.08 Å². The molecule has 0 saturated carbocycles. The van der Waals surface area contributed by atoms with Crippen molar-refractivity contribution in [3.8, 4) is 5.75 Å². The van der Waals surface area contributed by atoms with Crippen LogP contribution in [0.4, 0.5) is 10.5 Å². The van der Waals surface area contributed by atoms with E-state index in [4.69, 9.17) is 4.74 Å². The van der Waals surface area contributed by atoms with Crippen LogP contribution in [-0.2, 0) is 9.59 Å². The summed E-state index contributed by atoms with van der Waals surface area (Å²) in [5.74, 6) is -0.115. The number of amides is 3. The van der Waals surface area contributed by atoms with Gasteiger partial charge in [-0.05, 0) is 79.1 Å². The van der Waals surface area contributed by atoms with Crippen LogP contribution < -0.4 is 10.1 Å². The second-order valence-electron chi connectivity index (χ2n) is 7.39. The maximum absolute atomic E-state index is 12.7. The van der Waals surface area contributed by atoms with Gasteiger partial charge in [0.15, 0.2) is 0 Å². The van der Waals surface area contributed by atoms with Gasteiger partial charge in [-0.2, -0.15) is 0 Å². The van der Waals surface area contributed by atoms with Gasteiger partial charge in [0.2, 0.25) is 5.91 Å². The van der Waals surface area contributed by atoms with Gasteiger partial charge < -0.3 is 10.1 Å². The van der Waals surface area contributed by atoms with Crippen molar-refractivity contribution in [2.24, 2.45) is 0 Å². The first-order chi connectivity index (χ1) is 14.9. The summed E-state index contributed by atoms with van der Waals surface area (Å²) >= 11 is 0.838. The summed E-state index contributed by atoms with van der Waals surface area (Å²) in [7, 11) is 0. The topological polar surface area (TPSA) is 75.7 Å². The molecule has 0 atom stereocenters. The summed E-state index contributed by atoms with van der Waals surface area (Å²) in [6.07, 6.45) is 3.71. The number of hydrogen-bond acceptors (Lipinski definition) is 5. The SMILES string of the molecule is CCCCOc1ccc(/C=C2\SC(=O)N(CC(=O)Nc3ccc(C)c(C)c3)C2=O)cc1. The van der Waals surface area contributed by atoms with Crippen molar-refractivity contribution in [1.82, 2.24) is 4.90 Å². The molecule has 1 saturated heterocycles. The average molecular weight is 439 g/mol. The molecule has 7 heteroatoms. The van der Waals surface area contributed by atoms with Gasteiger partial charge in [0.25, 0.3) is 11.1 Å². The molecular weight excluding hydrogens is 412 g/mol. The molecule has 2 aromatic carbocycles. The number of hydrogen-bond donors (Lipinski definition) is 1. The molecule has 162 valence electrons. The molecule has 0 spiro atoms. The zero-order chi connectivity index (χ0) is 22.4. The van der Waals surface area contributed by atoms with Crippen molar-refractivity contribution in [3.63, 3.8) is 0 Å². The summed E-state index contributed by atoms with van der Waals surface area (Å²) in [4.78, 5) is 38.6. The van der Waals surface area contributed by atoms with Crippen LogP contribution in [0, 0.1) is 13.8 Å². The Bertz CT molecular complexity index is 1010. The van der Waals surface area contributed by atoms with Crippen LogP contribution in [0.2, 0.25) is 0 Å². The van der Waals surface area contributed by atoms with Crippen molar-refractivity contribution >= 4 is 40.6 Å². The molecule has 3 amide bonds. The Morgan fingerprint density at radius 2 is 1.84 bits per heavy atom. The molecule has 1 aliphatic rings. The summed E-state index contributed by atoms with van der Waals surface area (Å²) < 4.78 is 5.63. The van der Waals surface area contributed by atoms with Gasteiger partial charge in [-0.15, -0.1) is 0 Å². The predicted molar refractivity (Wildman–Crippen MR) is 124 cm³/mol. The molecule has 1 fully saturated rings. The Labute approximate surface area is 186 Å². The number of unbranched alkanes of at least 4 members (excludes halogenated alkanes) is 1.